The van der Waals surface area contributed by atoms with Gasteiger partial charge in [-0.15, -0.1) is 0 Å². The molecule has 6 rings (SSSR count). The minimum absolute atomic E-state index is 0.141. The van der Waals surface area contributed by atoms with Crippen molar-refractivity contribution in [2.45, 2.75) is 25.8 Å². The summed E-state index contributed by atoms with van der Waals surface area (Å²) in [7, 11) is 0. The molecule has 3 heterocycles. The monoisotopic (exact) mass is 457 g/mol. The Morgan fingerprint density at radius 1 is 1.09 bits per heavy atom. The Bertz CT molecular complexity index is 1460. The number of amides is 1. The largest absolute Gasteiger partial charge is 0.343 e. The second kappa shape index (κ2) is 8.20. The molecule has 2 aromatic carbocycles. The molecule has 1 aliphatic heterocycles. The maximum absolute atomic E-state index is 15.3. The third kappa shape index (κ3) is 3.79. The third-order valence-electron chi connectivity index (χ3n) is 6.86. The van der Waals surface area contributed by atoms with Crippen molar-refractivity contribution in [1.29, 1.82) is 0 Å². The standard InChI is InChI=1S/C26H24FN5O2/c27-22-12-18(20-11-19-3-1-2-4-23(19)28-13-20)7-8-21(22)24-29-30-26(34)32(24)15-16-9-10-31(14-16)25(33)17-5-6-17/h1-4,7-8,11-13,16-17H,5-6,9-10,14-15H2,(H,30,34)/t16-/m1/s1. The summed E-state index contributed by atoms with van der Waals surface area (Å²) in [5, 5.41) is 7.57. The van der Waals surface area contributed by atoms with Gasteiger partial charge in [0.15, 0.2) is 5.82 Å². The lowest BCUT2D eigenvalue weighted by Crippen LogP contribution is -2.31. The fourth-order valence-electron chi connectivity index (χ4n) is 4.83. The van der Waals surface area contributed by atoms with Gasteiger partial charge in [-0.2, -0.15) is 5.10 Å². The number of hydrogen-bond acceptors (Lipinski definition) is 4. The van der Waals surface area contributed by atoms with Crippen LogP contribution in [-0.2, 0) is 11.3 Å². The molecule has 2 aromatic heterocycles. The van der Waals surface area contributed by atoms with E-state index in [1.54, 1.807) is 12.3 Å². The first-order valence-electron chi connectivity index (χ1n) is 11.7. The van der Waals surface area contributed by atoms with E-state index in [1.165, 1.54) is 10.6 Å². The van der Waals surface area contributed by atoms with E-state index in [-0.39, 0.29) is 34.8 Å². The van der Waals surface area contributed by atoms with Gasteiger partial charge in [0.1, 0.15) is 5.82 Å². The number of carbonyl (C=O) groups is 1. The van der Waals surface area contributed by atoms with Crippen molar-refractivity contribution in [3.63, 3.8) is 0 Å². The van der Waals surface area contributed by atoms with Crippen molar-refractivity contribution >= 4 is 16.8 Å². The van der Waals surface area contributed by atoms with Crippen LogP contribution in [0, 0.1) is 17.7 Å². The van der Waals surface area contributed by atoms with Crippen molar-refractivity contribution in [2.75, 3.05) is 13.1 Å². The number of benzene rings is 2. The van der Waals surface area contributed by atoms with Crippen molar-refractivity contribution in [3.8, 4) is 22.5 Å². The van der Waals surface area contributed by atoms with Gasteiger partial charge in [-0.25, -0.2) is 14.3 Å². The van der Waals surface area contributed by atoms with Gasteiger partial charge in [-0.05, 0) is 55.0 Å². The number of nitrogens with zero attached hydrogens (tertiary/aromatic N) is 4. The van der Waals surface area contributed by atoms with Crippen molar-refractivity contribution in [2.24, 2.45) is 11.8 Å². The number of likely N-dealkylation sites (tertiary alicyclic amines) is 1. The number of aromatic amines is 1. The van der Waals surface area contributed by atoms with Crippen LogP contribution in [0.4, 0.5) is 4.39 Å². The predicted molar refractivity (Wildman–Crippen MR) is 126 cm³/mol. The molecular weight excluding hydrogens is 433 g/mol. The zero-order chi connectivity index (χ0) is 23.2. The lowest BCUT2D eigenvalue weighted by atomic mass is 10.0. The van der Waals surface area contributed by atoms with Crippen molar-refractivity contribution in [3.05, 3.63) is 71.0 Å². The Balaban J connectivity index is 1.26. The highest BCUT2D eigenvalue weighted by Gasteiger charge is 2.37. The number of halogens is 1. The van der Waals surface area contributed by atoms with Crippen molar-refractivity contribution in [1.82, 2.24) is 24.6 Å². The van der Waals surface area contributed by atoms with Crippen LogP contribution >= 0.6 is 0 Å². The highest BCUT2D eigenvalue weighted by atomic mass is 19.1. The predicted octanol–water partition coefficient (Wildman–Crippen LogP) is 3.85. The van der Waals surface area contributed by atoms with Crippen LogP contribution in [0.2, 0.25) is 0 Å². The molecule has 1 N–H and O–H groups in total. The molecule has 2 fully saturated rings. The minimum Gasteiger partial charge on any atom is -0.342 e. The average Bonchev–Trinajstić information content (AvgIpc) is 3.51. The molecule has 0 spiro atoms. The maximum Gasteiger partial charge on any atom is 0.343 e. The second-order valence-electron chi connectivity index (χ2n) is 9.29. The Morgan fingerprint density at radius 2 is 1.94 bits per heavy atom. The van der Waals surface area contributed by atoms with Gasteiger partial charge < -0.3 is 4.90 Å². The molecule has 172 valence electrons. The first-order valence-corrected chi connectivity index (χ1v) is 11.7. The lowest BCUT2D eigenvalue weighted by Gasteiger charge is -2.16. The molecule has 4 aromatic rings. The van der Waals surface area contributed by atoms with E-state index in [2.05, 4.69) is 15.2 Å². The highest BCUT2D eigenvalue weighted by Crippen LogP contribution is 2.33. The summed E-state index contributed by atoms with van der Waals surface area (Å²) >= 11 is 0. The number of aromatic nitrogens is 4. The van der Waals surface area contributed by atoms with Gasteiger partial charge >= 0.3 is 5.69 Å². The zero-order valence-electron chi connectivity index (χ0n) is 18.6. The number of carbonyl (C=O) groups excluding carboxylic acids is 1. The van der Waals surface area contributed by atoms with E-state index in [0.29, 0.717) is 25.2 Å². The van der Waals surface area contributed by atoms with Crippen LogP contribution in [0.3, 0.4) is 0 Å². The summed E-state index contributed by atoms with van der Waals surface area (Å²) in [4.78, 5) is 31.2. The average molecular weight is 458 g/mol. The smallest absolute Gasteiger partial charge is 0.342 e. The topological polar surface area (TPSA) is 83.9 Å². The number of H-pyrrole nitrogens is 1. The van der Waals surface area contributed by atoms with Gasteiger partial charge in [0.25, 0.3) is 0 Å². The normalized spacial score (nSPS) is 18.0. The van der Waals surface area contributed by atoms with E-state index < -0.39 is 5.82 Å². The van der Waals surface area contributed by atoms with Gasteiger partial charge in [0.05, 0.1) is 11.1 Å². The summed E-state index contributed by atoms with van der Waals surface area (Å²) < 4.78 is 16.8. The van der Waals surface area contributed by atoms with Gasteiger partial charge in [0.2, 0.25) is 5.91 Å². The zero-order valence-corrected chi connectivity index (χ0v) is 18.6. The summed E-state index contributed by atoms with van der Waals surface area (Å²) in [6.45, 7) is 1.74. The summed E-state index contributed by atoms with van der Waals surface area (Å²) in [6.07, 6.45) is 4.52. The number of para-hydroxylation sites is 1. The Labute approximate surface area is 195 Å². The van der Waals surface area contributed by atoms with Crippen molar-refractivity contribution < 1.29 is 9.18 Å². The van der Waals surface area contributed by atoms with Crippen LogP contribution in [0.1, 0.15) is 19.3 Å². The molecule has 1 amide bonds. The highest BCUT2D eigenvalue weighted by molar-refractivity contribution is 5.84. The van der Waals surface area contributed by atoms with Crippen LogP contribution in [0.5, 0.6) is 0 Å². The first kappa shape index (κ1) is 20.8. The molecule has 1 saturated heterocycles. The van der Waals surface area contributed by atoms with Gasteiger partial charge in [-0.1, -0.05) is 24.3 Å². The molecule has 0 unspecified atom stereocenters. The Kier molecular flexibility index (Phi) is 5.01. The number of rotatable bonds is 5. The fourth-order valence-corrected chi connectivity index (χ4v) is 4.83. The number of pyridine rings is 1. The second-order valence-corrected chi connectivity index (χ2v) is 9.29. The molecule has 2 aliphatic rings. The molecule has 1 aliphatic carbocycles. The summed E-state index contributed by atoms with van der Waals surface area (Å²) in [5.74, 6) is 0.381. The molecule has 0 radical (unpaired) electrons. The van der Waals surface area contributed by atoms with E-state index in [4.69, 9.17) is 0 Å². The van der Waals surface area contributed by atoms with Crippen LogP contribution < -0.4 is 5.69 Å². The molecule has 1 atom stereocenters. The molecule has 34 heavy (non-hydrogen) atoms. The van der Waals surface area contributed by atoms with Crippen LogP contribution in [0.15, 0.2) is 59.5 Å². The van der Waals surface area contributed by atoms with E-state index in [0.717, 1.165) is 35.7 Å². The molecular formula is C26H24FN5O2. The lowest BCUT2D eigenvalue weighted by molar-refractivity contribution is -0.131. The van der Waals surface area contributed by atoms with Gasteiger partial charge in [-0.3, -0.25) is 14.3 Å². The molecule has 1 saturated carbocycles. The number of hydrogen-bond donors (Lipinski definition) is 1. The quantitative estimate of drug-likeness (QED) is 0.493. The van der Waals surface area contributed by atoms with E-state index in [9.17, 15) is 9.59 Å². The SMILES string of the molecule is O=C(C1CC1)N1CC[C@@H](Cn2c(-c3ccc(-c4cnc5ccccc5c4)cc3F)n[nH]c2=O)C1. The van der Waals surface area contributed by atoms with Gasteiger partial charge in [0, 0.05) is 42.7 Å². The Hall–Kier alpha value is -3.81. The third-order valence-corrected chi connectivity index (χ3v) is 6.86. The fraction of sp³-hybridized carbons (Fsp3) is 0.308. The van der Waals surface area contributed by atoms with Crippen LogP contribution in [-0.4, -0.2) is 43.6 Å². The molecule has 7 nitrogen and oxygen atoms in total. The first-order chi connectivity index (χ1) is 16.6. The van der Waals surface area contributed by atoms with E-state index >= 15 is 4.39 Å². The number of fused-ring (bicyclic) bond motifs is 1. The Morgan fingerprint density at radius 3 is 2.76 bits per heavy atom. The summed E-state index contributed by atoms with van der Waals surface area (Å²) in [6, 6.07) is 14.7. The maximum atomic E-state index is 15.3. The molecule has 8 heteroatoms. The number of nitrogens with one attached hydrogen (secondary N) is 1. The minimum atomic E-state index is -0.456. The molecule has 0 bridgehead atoms. The summed E-state index contributed by atoms with van der Waals surface area (Å²) in [5.41, 5.74) is 2.29. The van der Waals surface area contributed by atoms with Crippen LogP contribution in [0.25, 0.3) is 33.4 Å². The van der Waals surface area contributed by atoms with E-state index in [1.807, 2.05) is 41.3 Å².